The van der Waals surface area contributed by atoms with Crippen molar-refractivity contribution in [2.24, 2.45) is 0 Å². The highest BCUT2D eigenvalue weighted by Gasteiger charge is 2.21. The molecule has 0 unspecified atom stereocenters. The molecule has 2 bridgehead atoms. The number of aryl methyl sites for hydroxylation is 1. The number of thiazole rings is 1. The van der Waals surface area contributed by atoms with Crippen LogP contribution in [0.1, 0.15) is 55.6 Å². The van der Waals surface area contributed by atoms with Crippen molar-refractivity contribution in [3.63, 3.8) is 0 Å². The molecule has 0 aromatic carbocycles. The number of esters is 1. The van der Waals surface area contributed by atoms with Gasteiger partial charge in [0, 0.05) is 17.9 Å². The van der Waals surface area contributed by atoms with E-state index in [1.54, 1.807) is 30.4 Å². The highest BCUT2D eigenvalue weighted by Crippen LogP contribution is 2.22. The average molecular weight is 486 g/mol. The lowest BCUT2D eigenvalue weighted by molar-refractivity contribution is -0.147. The van der Waals surface area contributed by atoms with Gasteiger partial charge in [-0.1, -0.05) is 48.6 Å². The van der Waals surface area contributed by atoms with Crippen LogP contribution in [0.15, 0.2) is 60.1 Å². The Labute approximate surface area is 206 Å². The smallest absolute Gasteiger partial charge is 0.330 e. The van der Waals surface area contributed by atoms with Crippen LogP contribution in [0.25, 0.3) is 6.08 Å². The van der Waals surface area contributed by atoms with Crippen molar-refractivity contribution in [1.29, 1.82) is 0 Å². The van der Waals surface area contributed by atoms with E-state index in [-0.39, 0.29) is 18.6 Å². The number of ether oxygens (including phenoxy) is 2. The van der Waals surface area contributed by atoms with E-state index in [1.807, 2.05) is 18.4 Å². The first kappa shape index (κ1) is 26.3. The third kappa shape index (κ3) is 9.14. The molecule has 0 spiro atoms. The molecule has 0 aliphatic carbocycles. The summed E-state index contributed by atoms with van der Waals surface area (Å²) in [6, 6.07) is 0. The molecule has 1 aromatic rings. The Balaban J connectivity index is 1.70. The molecule has 5 atom stereocenters. The van der Waals surface area contributed by atoms with Crippen LogP contribution in [0.4, 0.5) is 0 Å². The predicted molar refractivity (Wildman–Crippen MR) is 135 cm³/mol. The molecule has 0 saturated carbocycles. The van der Waals surface area contributed by atoms with Crippen molar-refractivity contribution < 1.29 is 24.5 Å². The zero-order valence-electron chi connectivity index (χ0n) is 19.7. The van der Waals surface area contributed by atoms with Crippen LogP contribution in [0.3, 0.4) is 0 Å². The van der Waals surface area contributed by atoms with Gasteiger partial charge < -0.3 is 19.7 Å². The van der Waals surface area contributed by atoms with Crippen LogP contribution in [0.2, 0.25) is 0 Å². The van der Waals surface area contributed by atoms with Gasteiger partial charge in [0.1, 0.15) is 12.2 Å². The molecule has 0 fully saturated rings. The number of hydrogen-bond acceptors (Lipinski definition) is 7. The van der Waals surface area contributed by atoms with Crippen molar-refractivity contribution in [3.8, 4) is 0 Å². The zero-order valence-corrected chi connectivity index (χ0v) is 20.5. The number of hydrogen-bond donors (Lipinski definition) is 2. The lowest BCUT2D eigenvalue weighted by atomic mass is 9.99. The fourth-order valence-corrected chi connectivity index (χ4v) is 4.57. The molecule has 2 aliphatic heterocycles. The molecule has 0 radical (unpaired) electrons. The maximum absolute atomic E-state index is 12.5. The van der Waals surface area contributed by atoms with Gasteiger partial charge in [0.25, 0.3) is 0 Å². The molecule has 1 aromatic heterocycles. The number of rotatable bonds is 3. The SMILES string of the molecule is C=C1CCC[C@@H]2CC=C[C@@H](C/C=C\C(=O)O[C@H]([C@@H](O)/C=C/c3csc(C)n3)C/C=C/[C@@H](O)C1)O2. The second-order valence-electron chi connectivity index (χ2n) is 8.79. The van der Waals surface area contributed by atoms with Crippen molar-refractivity contribution in [3.05, 3.63) is 70.8 Å². The van der Waals surface area contributed by atoms with E-state index < -0.39 is 24.3 Å². The third-order valence-corrected chi connectivity index (χ3v) is 6.56. The summed E-state index contributed by atoms with van der Waals surface area (Å²) < 4.78 is 11.7. The van der Waals surface area contributed by atoms with Crippen molar-refractivity contribution in [2.75, 3.05) is 0 Å². The second-order valence-corrected chi connectivity index (χ2v) is 9.85. The minimum atomic E-state index is -1.02. The molecule has 3 heterocycles. The fourth-order valence-electron chi connectivity index (χ4n) is 3.99. The van der Waals surface area contributed by atoms with Crippen LogP contribution < -0.4 is 0 Å². The van der Waals surface area contributed by atoms with E-state index in [9.17, 15) is 15.0 Å². The van der Waals surface area contributed by atoms with E-state index in [0.717, 1.165) is 42.0 Å². The first-order chi connectivity index (χ1) is 16.4. The summed E-state index contributed by atoms with van der Waals surface area (Å²) >= 11 is 1.52. The first-order valence-electron chi connectivity index (χ1n) is 11.9. The van der Waals surface area contributed by atoms with Gasteiger partial charge in [0.15, 0.2) is 0 Å². The summed E-state index contributed by atoms with van der Waals surface area (Å²) in [5, 5.41) is 23.9. The summed E-state index contributed by atoms with van der Waals surface area (Å²) in [5.74, 6) is -0.526. The van der Waals surface area contributed by atoms with Gasteiger partial charge in [-0.15, -0.1) is 11.3 Å². The number of carbonyl (C=O) groups excluding carboxylic acids is 1. The Bertz CT molecular complexity index is 931. The van der Waals surface area contributed by atoms with E-state index in [0.29, 0.717) is 12.8 Å². The quantitative estimate of drug-likeness (QED) is 0.471. The van der Waals surface area contributed by atoms with Gasteiger partial charge in [-0.2, -0.15) is 0 Å². The number of aliphatic hydroxyl groups is 2. The van der Waals surface area contributed by atoms with E-state index in [1.165, 1.54) is 17.4 Å². The van der Waals surface area contributed by atoms with E-state index >= 15 is 0 Å². The normalized spacial score (nSPS) is 30.3. The van der Waals surface area contributed by atoms with Crippen molar-refractivity contribution in [2.45, 2.75) is 82.4 Å². The minimum Gasteiger partial charge on any atom is -0.456 e. The average Bonchev–Trinajstić information content (AvgIpc) is 3.21. The number of aliphatic hydroxyl groups excluding tert-OH is 2. The molecule has 3 rings (SSSR count). The number of aromatic nitrogens is 1. The number of nitrogens with zero attached hydrogens (tertiary/aromatic N) is 1. The van der Waals surface area contributed by atoms with Crippen LogP contribution in [0.5, 0.6) is 0 Å². The molecule has 2 aliphatic rings. The number of fused-ring (bicyclic) bond motifs is 2. The van der Waals surface area contributed by atoms with E-state index in [4.69, 9.17) is 9.47 Å². The number of carbonyl (C=O) groups is 1. The second kappa shape index (κ2) is 13.5. The van der Waals surface area contributed by atoms with E-state index in [2.05, 4.69) is 17.6 Å². The maximum atomic E-state index is 12.5. The van der Waals surface area contributed by atoms with Crippen LogP contribution in [0, 0.1) is 6.92 Å². The van der Waals surface area contributed by atoms with Crippen LogP contribution in [-0.4, -0.2) is 51.7 Å². The third-order valence-electron chi connectivity index (χ3n) is 5.77. The lowest BCUT2D eigenvalue weighted by Crippen LogP contribution is -2.29. The summed E-state index contributed by atoms with van der Waals surface area (Å²) in [7, 11) is 0. The Kier molecular flexibility index (Phi) is 10.5. The van der Waals surface area contributed by atoms with Gasteiger partial charge in [-0.3, -0.25) is 0 Å². The molecule has 0 saturated heterocycles. The highest BCUT2D eigenvalue weighted by atomic mass is 32.1. The molecule has 184 valence electrons. The molecule has 0 amide bonds. The Morgan fingerprint density at radius 1 is 1.24 bits per heavy atom. The standard InChI is InChI=1S/C27H35NO5S/c1-19-7-3-9-23-10-5-11-24(32-23)12-6-14-27(31)33-26(13-4-8-22(29)17-19)25(30)16-15-21-18-34-20(2)28-21/h4-6,8,11,14-16,18,22-26,29-30H,1,3,7,9-10,12-13,17H2,2H3/b8-4+,14-6-,16-15+/t22-,23-,24+,25+,26+/m1/s1. The van der Waals surface area contributed by atoms with Gasteiger partial charge in [0.05, 0.1) is 29.0 Å². The molecule has 34 heavy (non-hydrogen) atoms. The summed E-state index contributed by atoms with van der Waals surface area (Å²) in [4.78, 5) is 16.8. The van der Waals surface area contributed by atoms with Gasteiger partial charge >= 0.3 is 5.97 Å². The lowest BCUT2D eigenvalue weighted by Gasteiger charge is -2.25. The molecular formula is C27H35NO5S. The van der Waals surface area contributed by atoms with Crippen LogP contribution >= 0.6 is 11.3 Å². The van der Waals surface area contributed by atoms with Crippen LogP contribution in [-0.2, 0) is 14.3 Å². The van der Waals surface area contributed by atoms with Crippen molar-refractivity contribution in [1.82, 2.24) is 4.98 Å². The Morgan fingerprint density at radius 2 is 2.06 bits per heavy atom. The highest BCUT2D eigenvalue weighted by molar-refractivity contribution is 7.09. The topological polar surface area (TPSA) is 88.9 Å². The number of cyclic esters (lactones) is 1. The first-order valence-corrected chi connectivity index (χ1v) is 12.8. The summed E-state index contributed by atoms with van der Waals surface area (Å²) in [6.07, 6.45) is 16.6. The maximum Gasteiger partial charge on any atom is 0.330 e. The molecule has 6 nitrogen and oxygen atoms in total. The molecule has 2 N–H and O–H groups in total. The predicted octanol–water partition coefficient (Wildman–Crippen LogP) is 4.83. The van der Waals surface area contributed by atoms with Gasteiger partial charge in [-0.05, 0) is 51.5 Å². The fraction of sp³-hybridized carbons (Fsp3) is 0.481. The Morgan fingerprint density at radius 3 is 2.85 bits per heavy atom. The summed E-state index contributed by atoms with van der Waals surface area (Å²) in [6.45, 7) is 6.02. The van der Waals surface area contributed by atoms with Crippen molar-refractivity contribution >= 4 is 23.4 Å². The Hall–Kier alpha value is -2.32. The monoisotopic (exact) mass is 485 g/mol. The summed E-state index contributed by atoms with van der Waals surface area (Å²) in [5.41, 5.74) is 1.74. The minimum absolute atomic E-state index is 0.0690. The molecule has 7 heteroatoms. The largest absolute Gasteiger partial charge is 0.456 e. The molecular weight excluding hydrogens is 450 g/mol. The van der Waals surface area contributed by atoms with Gasteiger partial charge in [0.2, 0.25) is 0 Å². The van der Waals surface area contributed by atoms with Gasteiger partial charge in [-0.25, -0.2) is 9.78 Å². The zero-order chi connectivity index (χ0) is 24.3.